The van der Waals surface area contributed by atoms with Gasteiger partial charge in [0, 0.05) is 25.6 Å². The molecule has 3 rings (SSSR count). The molecule has 1 saturated heterocycles. The summed E-state index contributed by atoms with van der Waals surface area (Å²) in [6.07, 6.45) is 1.41. The summed E-state index contributed by atoms with van der Waals surface area (Å²) in [7, 11) is 1.60. The Hall–Kier alpha value is -2.60. The number of nitrogens with one attached hydrogen (secondary N) is 1. The second-order valence-corrected chi connectivity index (χ2v) is 7.60. The quantitative estimate of drug-likeness (QED) is 0.795. The van der Waals surface area contributed by atoms with Crippen molar-refractivity contribution in [3.8, 4) is 5.75 Å². The van der Waals surface area contributed by atoms with Gasteiger partial charge in [-0.05, 0) is 49.1 Å². The predicted octanol–water partition coefficient (Wildman–Crippen LogP) is 4.11. The molecule has 0 aromatic heterocycles. The summed E-state index contributed by atoms with van der Waals surface area (Å²) >= 11 is 6.13. The number of halogens is 2. The average Bonchev–Trinajstić information content (AvgIpc) is 2.87. The fourth-order valence-corrected chi connectivity index (χ4v) is 3.70. The first-order chi connectivity index (χ1) is 13.9. The summed E-state index contributed by atoms with van der Waals surface area (Å²) in [5.74, 6) is -0.423. The maximum Gasteiger partial charge on any atom is 0.256 e. The molecule has 7 heteroatoms. The third kappa shape index (κ3) is 5.07. The van der Waals surface area contributed by atoms with Crippen molar-refractivity contribution in [1.82, 2.24) is 10.2 Å². The highest BCUT2D eigenvalue weighted by Gasteiger charge is 2.26. The second kappa shape index (κ2) is 9.27. The van der Waals surface area contributed by atoms with Crippen LogP contribution < -0.4 is 10.1 Å². The van der Waals surface area contributed by atoms with E-state index >= 15 is 0 Å². The van der Waals surface area contributed by atoms with Crippen LogP contribution in [-0.4, -0.2) is 36.4 Å². The van der Waals surface area contributed by atoms with Crippen molar-refractivity contribution in [3.05, 3.63) is 63.9 Å². The summed E-state index contributed by atoms with van der Waals surface area (Å²) in [5, 5.41) is 2.96. The van der Waals surface area contributed by atoms with Crippen molar-refractivity contribution in [3.63, 3.8) is 0 Å². The zero-order valence-electron chi connectivity index (χ0n) is 16.5. The number of hydrogen-bond donors (Lipinski definition) is 1. The Bertz CT molecular complexity index is 919. The van der Waals surface area contributed by atoms with E-state index in [1.54, 1.807) is 18.9 Å². The van der Waals surface area contributed by atoms with Gasteiger partial charge in [-0.2, -0.15) is 0 Å². The molecule has 29 heavy (non-hydrogen) atoms. The first-order valence-corrected chi connectivity index (χ1v) is 9.93. The van der Waals surface area contributed by atoms with Gasteiger partial charge in [-0.1, -0.05) is 29.8 Å². The number of carbonyl (C=O) groups is 2. The molecule has 0 spiro atoms. The first-order valence-electron chi connectivity index (χ1n) is 9.55. The fraction of sp³-hybridized carbons (Fsp3) is 0.364. The van der Waals surface area contributed by atoms with E-state index < -0.39 is 11.7 Å². The summed E-state index contributed by atoms with van der Waals surface area (Å²) in [4.78, 5) is 26.9. The standard InChI is InChI=1S/C22H24ClFN2O3/c1-14-6-8-18(24)20(21(14)23)22(28)25-16-7-9-19(27)26(11-10-16)13-15-4-3-5-17(12-15)29-2/h3-6,8,12,16H,7,9-11,13H2,1-2H3,(H,25,28). The lowest BCUT2D eigenvalue weighted by Gasteiger charge is -2.21. The molecule has 0 radical (unpaired) electrons. The number of benzene rings is 2. The lowest BCUT2D eigenvalue weighted by Crippen LogP contribution is -2.36. The molecular weight excluding hydrogens is 395 g/mol. The predicted molar refractivity (Wildman–Crippen MR) is 110 cm³/mol. The van der Waals surface area contributed by atoms with E-state index in [4.69, 9.17) is 16.3 Å². The number of ether oxygens (including phenoxy) is 1. The van der Waals surface area contributed by atoms with E-state index in [1.165, 1.54) is 12.1 Å². The Balaban J connectivity index is 1.65. The van der Waals surface area contributed by atoms with Gasteiger partial charge < -0.3 is 15.0 Å². The van der Waals surface area contributed by atoms with Crippen molar-refractivity contribution in [2.45, 2.75) is 38.8 Å². The first kappa shape index (κ1) is 21.1. The van der Waals surface area contributed by atoms with Crippen LogP contribution in [0.3, 0.4) is 0 Å². The van der Waals surface area contributed by atoms with Gasteiger partial charge in [-0.15, -0.1) is 0 Å². The van der Waals surface area contributed by atoms with E-state index in [0.29, 0.717) is 37.9 Å². The van der Waals surface area contributed by atoms with Gasteiger partial charge in [-0.3, -0.25) is 9.59 Å². The Labute approximate surface area is 174 Å². The van der Waals surface area contributed by atoms with Crippen LogP contribution in [0.15, 0.2) is 36.4 Å². The van der Waals surface area contributed by atoms with E-state index in [9.17, 15) is 14.0 Å². The topological polar surface area (TPSA) is 58.6 Å². The van der Waals surface area contributed by atoms with Crippen molar-refractivity contribution >= 4 is 23.4 Å². The summed E-state index contributed by atoms with van der Waals surface area (Å²) in [6.45, 7) is 2.71. The molecule has 1 aliphatic heterocycles. The van der Waals surface area contributed by atoms with Gasteiger partial charge in [0.25, 0.3) is 5.91 Å². The Morgan fingerprint density at radius 1 is 1.31 bits per heavy atom. The number of carbonyl (C=O) groups excluding carboxylic acids is 2. The number of aryl methyl sites for hydroxylation is 1. The number of nitrogens with zero attached hydrogens (tertiary/aromatic N) is 1. The third-order valence-electron chi connectivity index (χ3n) is 5.16. The molecule has 2 aromatic rings. The molecule has 1 atom stereocenters. The van der Waals surface area contributed by atoms with E-state index in [1.807, 2.05) is 24.3 Å². The molecule has 1 heterocycles. The number of methoxy groups -OCH3 is 1. The number of likely N-dealkylation sites (tertiary alicyclic amines) is 1. The van der Waals surface area contributed by atoms with Gasteiger partial charge in [0.2, 0.25) is 5.91 Å². The summed E-state index contributed by atoms with van der Waals surface area (Å²) < 4.78 is 19.4. The Kier molecular flexibility index (Phi) is 6.75. The van der Waals surface area contributed by atoms with Crippen LogP contribution in [-0.2, 0) is 11.3 Å². The van der Waals surface area contributed by atoms with E-state index in [-0.39, 0.29) is 22.5 Å². The molecular formula is C22H24ClFN2O3. The van der Waals surface area contributed by atoms with Gasteiger partial charge in [0.05, 0.1) is 17.7 Å². The molecule has 2 amide bonds. The smallest absolute Gasteiger partial charge is 0.256 e. The summed E-state index contributed by atoms with van der Waals surface area (Å²) in [5.41, 5.74) is 1.48. The van der Waals surface area contributed by atoms with Crippen LogP contribution >= 0.6 is 11.6 Å². The zero-order chi connectivity index (χ0) is 21.0. The average molecular weight is 419 g/mol. The highest BCUT2D eigenvalue weighted by Crippen LogP contribution is 2.24. The molecule has 0 aliphatic carbocycles. The molecule has 0 saturated carbocycles. The van der Waals surface area contributed by atoms with Crippen LogP contribution in [0.25, 0.3) is 0 Å². The van der Waals surface area contributed by atoms with Crippen LogP contribution in [0, 0.1) is 12.7 Å². The lowest BCUT2D eigenvalue weighted by molar-refractivity contribution is -0.131. The van der Waals surface area contributed by atoms with Crippen LogP contribution in [0.2, 0.25) is 5.02 Å². The SMILES string of the molecule is COc1cccc(CN2CCC(NC(=O)c3c(F)ccc(C)c3Cl)CCC2=O)c1. The number of rotatable bonds is 5. The molecule has 5 nitrogen and oxygen atoms in total. The lowest BCUT2D eigenvalue weighted by atomic mass is 10.1. The van der Waals surface area contributed by atoms with Crippen LogP contribution in [0.4, 0.5) is 4.39 Å². The summed E-state index contributed by atoms with van der Waals surface area (Å²) in [6, 6.07) is 10.1. The van der Waals surface area contributed by atoms with Crippen molar-refractivity contribution < 1.29 is 18.7 Å². The molecule has 0 bridgehead atoms. The Morgan fingerprint density at radius 2 is 2.10 bits per heavy atom. The molecule has 154 valence electrons. The van der Waals surface area contributed by atoms with Crippen LogP contribution in [0.5, 0.6) is 5.75 Å². The maximum atomic E-state index is 14.1. The molecule has 1 fully saturated rings. The molecule has 2 aromatic carbocycles. The maximum absolute atomic E-state index is 14.1. The fourth-order valence-electron chi connectivity index (χ4n) is 3.46. The highest BCUT2D eigenvalue weighted by atomic mass is 35.5. The largest absolute Gasteiger partial charge is 0.497 e. The monoisotopic (exact) mass is 418 g/mol. The normalized spacial score (nSPS) is 17.0. The minimum atomic E-state index is -0.651. The minimum absolute atomic E-state index is 0.0318. The van der Waals surface area contributed by atoms with Crippen molar-refractivity contribution in [1.29, 1.82) is 0 Å². The van der Waals surface area contributed by atoms with Gasteiger partial charge >= 0.3 is 0 Å². The van der Waals surface area contributed by atoms with E-state index in [0.717, 1.165) is 11.3 Å². The number of hydrogen-bond acceptors (Lipinski definition) is 3. The van der Waals surface area contributed by atoms with Gasteiger partial charge in [0.1, 0.15) is 11.6 Å². The molecule has 1 unspecified atom stereocenters. The van der Waals surface area contributed by atoms with Crippen LogP contribution in [0.1, 0.15) is 40.7 Å². The second-order valence-electron chi connectivity index (χ2n) is 7.22. The van der Waals surface area contributed by atoms with Crippen molar-refractivity contribution in [2.75, 3.05) is 13.7 Å². The molecule has 1 N–H and O–H groups in total. The third-order valence-corrected chi connectivity index (χ3v) is 5.65. The van der Waals surface area contributed by atoms with Gasteiger partial charge in [0.15, 0.2) is 0 Å². The zero-order valence-corrected chi connectivity index (χ0v) is 17.3. The number of amides is 2. The van der Waals surface area contributed by atoms with Gasteiger partial charge in [-0.25, -0.2) is 4.39 Å². The minimum Gasteiger partial charge on any atom is -0.497 e. The highest BCUT2D eigenvalue weighted by molar-refractivity contribution is 6.34. The Morgan fingerprint density at radius 3 is 2.86 bits per heavy atom. The van der Waals surface area contributed by atoms with E-state index in [2.05, 4.69) is 5.32 Å². The van der Waals surface area contributed by atoms with Crippen molar-refractivity contribution in [2.24, 2.45) is 0 Å². The molecule has 1 aliphatic rings.